The Morgan fingerprint density at radius 1 is 1.24 bits per heavy atom. The molecule has 0 saturated carbocycles. The summed E-state index contributed by atoms with van der Waals surface area (Å²) in [5.41, 5.74) is 1.28. The molecular weight excluding hydrogens is 366 g/mol. The molecule has 2 heterocycles. The highest BCUT2D eigenvalue weighted by molar-refractivity contribution is 6.38. The molecule has 25 heavy (non-hydrogen) atoms. The summed E-state index contributed by atoms with van der Waals surface area (Å²) in [7, 11) is 0. The first-order valence-electron chi connectivity index (χ1n) is 7.19. The van der Waals surface area contributed by atoms with Crippen molar-refractivity contribution >= 4 is 34.1 Å². The van der Waals surface area contributed by atoms with E-state index >= 15 is 0 Å². The molecular formula is C18H11Cl2FN2O2. The van der Waals surface area contributed by atoms with Gasteiger partial charge in [0, 0.05) is 17.3 Å². The Morgan fingerprint density at radius 3 is 2.56 bits per heavy atom. The van der Waals surface area contributed by atoms with E-state index in [1.54, 1.807) is 23.6 Å². The minimum Gasteiger partial charge on any atom is -0.384 e. The van der Waals surface area contributed by atoms with Crippen molar-refractivity contribution in [1.82, 2.24) is 9.55 Å². The third-order valence-electron chi connectivity index (χ3n) is 3.61. The molecule has 0 atom stereocenters. The van der Waals surface area contributed by atoms with Gasteiger partial charge in [-0.2, -0.15) is 0 Å². The Morgan fingerprint density at radius 2 is 1.92 bits per heavy atom. The van der Waals surface area contributed by atoms with Crippen LogP contribution in [0.2, 0.25) is 10.0 Å². The van der Waals surface area contributed by atoms with E-state index < -0.39 is 11.2 Å². The number of hydrogen-bond donors (Lipinski definition) is 1. The Balaban J connectivity index is 2.38. The largest absolute Gasteiger partial charge is 0.384 e. The lowest BCUT2D eigenvalue weighted by molar-refractivity contribution is 0.350. The van der Waals surface area contributed by atoms with E-state index in [1.807, 2.05) is 0 Å². The second-order valence-corrected chi connectivity index (χ2v) is 6.06. The van der Waals surface area contributed by atoms with Gasteiger partial charge in [0.05, 0.1) is 39.0 Å². The summed E-state index contributed by atoms with van der Waals surface area (Å²) < 4.78 is 15.7. The molecule has 3 aromatic rings. The Kier molecular flexibility index (Phi) is 4.78. The second-order valence-electron chi connectivity index (χ2n) is 5.25. The number of fused-ring (bicyclic) bond motifs is 1. The molecule has 1 N–H and O–H groups in total. The van der Waals surface area contributed by atoms with Crippen LogP contribution in [0.15, 0.2) is 35.4 Å². The number of aryl methyl sites for hydroxylation is 1. The van der Waals surface area contributed by atoms with Crippen molar-refractivity contribution in [2.24, 2.45) is 0 Å². The van der Waals surface area contributed by atoms with Crippen LogP contribution < -0.4 is 5.43 Å². The molecule has 0 radical (unpaired) electrons. The molecule has 3 rings (SSSR count). The van der Waals surface area contributed by atoms with Gasteiger partial charge < -0.3 is 9.67 Å². The average molecular weight is 377 g/mol. The molecule has 0 aliphatic heterocycles. The van der Waals surface area contributed by atoms with Crippen LogP contribution in [-0.4, -0.2) is 21.3 Å². The van der Waals surface area contributed by atoms with E-state index in [0.717, 1.165) is 6.20 Å². The van der Waals surface area contributed by atoms with Gasteiger partial charge in [0.2, 0.25) is 0 Å². The molecule has 0 saturated heterocycles. The van der Waals surface area contributed by atoms with Crippen LogP contribution in [0.25, 0.3) is 16.6 Å². The Labute approximate surface area is 152 Å². The number of rotatable bonds is 1. The summed E-state index contributed by atoms with van der Waals surface area (Å²) >= 11 is 12.7. The van der Waals surface area contributed by atoms with Crippen molar-refractivity contribution in [2.45, 2.75) is 6.92 Å². The minimum absolute atomic E-state index is 0.0862. The summed E-state index contributed by atoms with van der Waals surface area (Å²) in [6.45, 7) is 1.41. The molecule has 4 nitrogen and oxygen atoms in total. The quantitative estimate of drug-likeness (QED) is 0.661. The zero-order valence-corrected chi connectivity index (χ0v) is 14.5. The van der Waals surface area contributed by atoms with Gasteiger partial charge in [-0.05, 0) is 19.1 Å². The van der Waals surface area contributed by atoms with Crippen molar-refractivity contribution in [3.63, 3.8) is 0 Å². The summed E-state index contributed by atoms with van der Waals surface area (Å²) in [6, 6.07) is 4.49. The van der Waals surface area contributed by atoms with Crippen molar-refractivity contribution in [1.29, 1.82) is 0 Å². The van der Waals surface area contributed by atoms with Gasteiger partial charge in [-0.25, -0.2) is 4.39 Å². The van der Waals surface area contributed by atoms with Crippen molar-refractivity contribution in [2.75, 3.05) is 6.61 Å². The van der Waals surface area contributed by atoms with E-state index in [2.05, 4.69) is 16.8 Å². The van der Waals surface area contributed by atoms with E-state index in [4.69, 9.17) is 28.3 Å². The molecule has 0 aliphatic carbocycles. The highest BCUT2D eigenvalue weighted by Gasteiger charge is 2.17. The maximum Gasteiger partial charge on any atom is 0.192 e. The fourth-order valence-electron chi connectivity index (χ4n) is 2.64. The maximum absolute atomic E-state index is 14.1. The van der Waals surface area contributed by atoms with Crippen LogP contribution in [0.4, 0.5) is 4.39 Å². The number of aliphatic hydroxyl groups is 1. The average Bonchev–Trinajstić information content (AvgIpc) is 2.54. The SMILES string of the molecule is Cc1cc(=O)c2c(F)cncc2n1-c1c(Cl)cc(C#CCO)cc1Cl. The lowest BCUT2D eigenvalue weighted by Crippen LogP contribution is -2.13. The third-order valence-corrected chi connectivity index (χ3v) is 4.19. The van der Waals surface area contributed by atoms with Gasteiger partial charge in [0.25, 0.3) is 0 Å². The van der Waals surface area contributed by atoms with Crippen molar-refractivity contribution < 1.29 is 9.50 Å². The van der Waals surface area contributed by atoms with Crippen LogP contribution in [0.3, 0.4) is 0 Å². The number of halogens is 3. The smallest absolute Gasteiger partial charge is 0.192 e. The van der Waals surface area contributed by atoms with E-state index in [-0.39, 0.29) is 27.6 Å². The fraction of sp³-hybridized carbons (Fsp3) is 0.111. The monoisotopic (exact) mass is 376 g/mol. The van der Waals surface area contributed by atoms with E-state index in [0.29, 0.717) is 16.9 Å². The normalized spacial score (nSPS) is 10.6. The van der Waals surface area contributed by atoms with Crippen molar-refractivity contribution in [3.8, 4) is 17.5 Å². The third kappa shape index (κ3) is 3.12. The maximum atomic E-state index is 14.1. The number of aromatic nitrogens is 2. The van der Waals surface area contributed by atoms with Crippen LogP contribution in [0, 0.1) is 24.6 Å². The number of pyridine rings is 2. The molecule has 2 aromatic heterocycles. The van der Waals surface area contributed by atoms with Gasteiger partial charge in [-0.1, -0.05) is 35.0 Å². The zero-order chi connectivity index (χ0) is 18.1. The fourth-order valence-corrected chi connectivity index (χ4v) is 3.30. The van der Waals surface area contributed by atoms with E-state index in [1.165, 1.54) is 12.3 Å². The zero-order valence-electron chi connectivity index (χ0n) is 13.0. The highest BCUT2D eigenvalue weighted by Crippen LogP contribution is 2.33. The molecule has 0 amide bonds. The Hall–Kier alpha value is -2.39. The molecule has 0 unspecified atom stereocenters. The first kappa shape index (κ1) is 17.4. The number of benzene rings is 1. The molecule has 0 aliphatic rings. The van der Waals surface area contributed by atoms with Crippen LogP contribution in [0.5, 0.6) is 0 Å². The minimum atomic E-state index is -0.714. The van der Waals surface area contributed by atoms with Gasteiger partial charge in [0.1, 0.15) is 6.61 Å². The van der Waals surface area contributed by atoms with Crippen LogP contribution in [0.1, 0.15) is 11.3 Å². The summed E-state index contributed by atoms with van der Waals surface area (Å²) in [5.74, 6) is 4.52. The first-order chi connectivity index (χ1) is 11.9. The van der Waals surface area contributed by atoms with Crippen molar-refractivity contribution in [3.05, 3.63) is 67.9 Å². The van der Waals surface area contributed by atoms with Gasteiger partial charge >= 0.3 is 0 Å². The molecule has 126 valence electrons. The molecule has 0 bridgehead atoms. The highest BCUT2D eigenvalue weighted by atomic mass is 35.5. The van der Waals surface area contributed by atoms with Crippen LogP contribution >= 0.6 is 23.2 Å². The van der Waals surface area contributed by atoms with E-state index in [9.17, 15) is 9.18 Å². The van der Waals surface area contributed by atoms with Crippen LogP contribution in [-0.2, 0) is 0 Å². The summed E-state index contributed by atoms with van der Waals surface area (Å²) in [4.78, 5) is 16.0. The molecule has 0 fully saturated rings. The predicted octanol–water partition coefficient (Wildman–Crippen LogP) is 3.48. The molecule has 7 heteroatoms. The lowest BCUT2D eigenvalue weighted by atomic mass is 10.1. The molecule has 0 spiro atoms. The standard InChI is InChI=1S/C18H11Cl2FN2O2/c1-10-5-16(25)17-14(21)8-22-9-15(17)23(10)18-12(19)6-11(3-2-4-24)7-13(18)20/h5-9,24H,4H2,1H3. The molecule has 1 aromatic carbocycles. The number of aliphatic hydroxyl groups excluding tert-OH is 1. The van der Waals surface area contributed by atoms with Gasteiger partial charge in [-0.3, -0.25) is 9.78 Å². The van der Waals surface area contributed by atoms with Gasteiger partial charge in [-0.15, -0.1) is 0 Å². The first-order valence-corrected chi connectivity index (χ1v) is 7.94. The second kappa shape index (κ2) is 6.85. The number of hydrogen-bond acceptors (Lipinski definition) is 3. The summed E-state index contributed by atoms with van der Waals surface area (Å²) in [5, 5.41) is 9.24. The summed E-state index contributed by atoms with van der Waals surface area (Å²) in [6.07, 6.45) is 2.37. The van der Waals surface area contributed by atoms with Gasteiger partial charge in [0.15, 0.2) is 11.2 Å². The predicted molar refractivity (Wildman–Crippen MR) is 96.0 cm³/mol. The lowest BCUT2D eigenvalue weighted by Gasteiger charge is -2.17. The Bertz CT molecular complexity index is 1090. The topological polar surface area (TPSA) is 55.1 Å². The number of nitrogens with zero attached hydrogens (tertiary/aromatic N) is 2.